The molecule has 0 saturated carbocycles. The molecule has 0 aliphatic carbocycles. The lowest BCUT2D eigenvalue weighted by Crippen LogP contribution is -2.17. The van der Waals surface area contributed by atoms with Crippen molar-refractivity contribution < 1.29 is 9.84 Å². The van der Waals surface area contributed by atoms with Crippen molar-refractivity contribution in [3.8, 4) is 0 Å². The fourth-order valence-electron chi connectivity index (χ4n) is 1.60. The van der Waals surface area contributed by atoms with Crippen molar-refractivity contribution in [2.45, 2.75) is 26.4 Å². The van der Waals surface area contributed by atoms with Crippen LogP contribution in [-0.4, -0.2) is 34.7 Å². The van der Waals surface area contributed by atoms with Gasteiger partial charge in [-0.3, -0.25) is 4.68 Å². The van der Waals surface area contributed by atoms with Crippen molar-refractivity contribution in [1.82, 2.24) is 9.78 Å². The zero-order chi connectivity index (χ0) is 10.7. The first-order chi connectivity index (χ1) is 6.56. The number of aryl methyl sites for hydroxylation is 2. The van der Waals surface area contributed by atoms with Gasteiger partial charge in [-0.2, -0.15) is 5.10 Å². The smallest absolute Gasteiger partial charge is 0.0815 e. The van der Waals surface area contributed by atoms with Gasteiger partial charge in [-0.1, -0.05) is 0 Å². The zero-order valence-corrected chi connectivity index (χ0v) is 9.24. The van der Waals surface area contributed by atoms with Gasteiger partial charge in [0.25, 0.3) is 0 Å². The topological polar surface area (TPSA) is 47.3 Å². The molecule has 1 N–H and O–H groups in total. The van der Waals surface area contributed by atoms with Crippen LogP contribution in [0.25, 0.3) is 0 Å². The Bertz CT molecular complexity index is 307. The third-order valence-electron chi connectivity index (χ3n) is 2.46. The summed E-state index contributed by atoms with van der Waals surface area (Å²) in [5.41, 5.74) is 3.22. The molecule has 1 rings (SSSR count). The predicted molar refractivity (Wildman–Crippen MR) is 54.3 cm³/mol. The van der Waals surface area contributed by atoms with Gasteiger partial charge >= 0.3 is 0 Å². The van der Waals surface area contributed by atoms with Gasteiger partial charge in [0.2, 0.25) is 0 Å². The van der Waals surface area contributed by atoms with E-state index in [1.54, 1.807) is 7.11 Å². The van der Waals surface area contributed by atoms with E-state index in [4.69, 9.17) is 4.74 Å². The van der Waals surface area contributed by atoms with Crippen LogP contribution in [0, 0.1) is 13.8 Å². The molecular weight excluding hydrogens is 180 g/mol. The van der Waals surface area contributed by atoms with Crippen molar-refractivity contribution in [3.05, 3.63) is 17.0 Å². The molecule has 4 heteroatoms. The maximum Gasteiger partial charge on any atom is 0.0815 e. The van der Waals surface area contributed by atoms with Crippen LogP contribution in [0.4, 0.5) is 0 Å². The Labute approximate surface area is 84.5 Å². The Morgan fingerprint density at radius 2 is 2.14 bits per heavy atom. The van der Waals surface area contributed by atoms with Crippen LogP contribution in [0.2, 0.25) is 0 Å². The molecule has 1 atom stereocenters. The van der Waals surface area contributed by atoms with Crippen LogP contribution in [-0.2, 0) is 18.2 Å². The van der Waals surface area contributed by atoms with E-state index in [1.807, 2.05) is 25.6 Å². The molecule has 1 aromatic heterocycles. The van der Waals surface area contributed by atoms with Crippen LogP contribution in [0.15, 0.2) is 0 Å². The van der Waals surface area contributed by atoms with Crippen LogP contribution in [0.3, 0.4) is 0 Å². The largest absolute Gasteiger partial charge is 0.390 e. The lowest BCUT2D eigenvalue weighted by Gasteiger charge is -2.09. The number of aliphatic hydroxyl groups is 1. The van der Waals surface area contributed by atoms with Gasteiger partial charge in [-0.25, -0.2) is 0 Å². The third-order valence-corrected chi connectivity index (χ3v) is 2.46. The summed E-state index contributed by atoms with van der Waals surface area (Å²) in [4.78, 5) is 0. The van der Waals surface area contributed by atoms with E-state index in [0.717, 1.165) is 17.0 Å². The molecule has 0 aliphatic heterocycles. The van der Waals surface area contributed by atoms with E-state index >= 15 is 0 Å². The molecule has 0 saturated heterocycles. The molecule has 0 radical (unpaired) electrons. The second kappa shape index (κ2) is 4.57. The number of hydrogen-bond donors (Lipinski definition) is 1. The minimum Gasteiger partial charge on any atom is -0.390 e. The van der Waals surface area contributed by atoms with E-state index in [0.29, 0.717) is 13.0 Å². The van der Waals surface area contributed by atoms with Crippen LogP contribution in [0.1, 0.15) is 17.0 Å². The maximum absolute atomic E-state index is 9.60. The molecule has 0 aromatic carbocycles. The van der Waals surface area contributed by atoms with Crippen molar-refractivity contribution in [3.63, 3.8) is 0 Å². The number of aromatic nitrogens is 2. The third kappa shape index (κ3) is 2.33. The summed E-state index contributed by atoms with van der Waals surface area (Å²) in [6.45, 7) is 4.34. The van der Waals surface area contributed by atoms with E-state index in [1.165, 1.54) is 0 Å². The molecule has 0 bridgehead atoms. The molecule has 1 aromatic rings. The highest BCUT2D eigenvalue weighted by molar-refractivity contribution is 5.24. The summed E-state index contributed by atoms with van der Waals surface area (Å²) < 4.78 is 6.72. The summed E-state index contributed by atoms with van der Waals surface area (Å²) >= 11 is 0. The van der Waals surface area contributed by atoms with Gasteiger partial charge < -0.3 is 9.84 Å². The quantitative estimate of drug-likeness (QED) is 0.770. The fraction of sp³-hybridized carbons (Fsp3) is 0.700. The summed E-state index contributed by atoms with van der Waals surface area (Å²) in [5, 5.41) is 13.9. The Morgan fingerprint density at radius 3 is 2.57 bits per heavy atom. The first kappa shape index (κ1) is 11.2. The lowest BCUT2D eigenvalue weighted by atomic mass is 10.1. The summed E-state index contributed by atoms with van der Waals surface area (Å²) in [5.74, 6) is 0. The van der Waals surface area contributed by atoms with Crippen molar-refractivity contribution in [2.24, 2.45) is 7.05 Å². The highest BCUT2D eigenvalue weighted by Gasteiger charge is 2.13. The average molecular weight is 198 g/mol. The highest BCUT2D eigenvalue weighted by Crippen LogP contribution is 2.14. The van der Waals surface area contributed by atoms with E-state index < -0.39 is 6.10 Å². The standard InChI is InChI=1S/C10H18N2O2/c1-7-10(5-9(13)6-14-4)8(2)12(3)11-7/h9,13H,5-6H2,1-4H3. The first-order valence-electron chi connectivity index (χ1n) is 4.72. The normalized spacial score (nSPS) is 13.2. The second-order valence-electron chi connectivity index (χ2n) is 3.59. The molecule has 1 heterocycles. The molecule has 14 heavy (non-hydrogen) atoms. The Kier molecular flexibility index (Phi) is 3.66. The molecule has 80 valence electrons. The maximum atomic E-state index is 9.60. The monoisotopic (exact) mass is 198 g/mol. The predicted octanol–water partition coefficient (Wildman–Crippen LogP) is 0.587. The van der Waals surface area contributed by atoms with E-state index in [2.05, 4.69) is 5.10 Å². The molecule has 0 fully saturated rings. The number of ether oxygens (including phenoxy) is 1. The molecular formula is C10H18N2O2. The summed E-state index contributed by atoms with van der Waals surface area (Å²) in [6, 6.07) is 0. The Balaban J connectivity index is 2.75. The van der Waals surface area contributed by atoms with Gasteiger partial charge in [-0.15, -0.1) is 0 Å². The van der Waals surface area contributed by atoms with E-state index in [9.17, 15) is 5.11 Å². The summed E-state index contributed by atoms with van der Waals surface area (Å²) in [7, 11) is 3.50. The minimum absolute atomic E-state index is 0.369. The number of hydrogen-bond acceptors (Lipinski definition) is 3. The van der Waals surface area contributed by atoms with Gasteiger partial charge in [0.05, 0.1) is 18.4 Å². The SMILES string of the molecule is COCC(O)Cc1c(C)nn(C)c1C. The molecule has 0 spiro atoms. The first-order valence-corrected chi connectivity index (χ1v) is 4.72. The fourth-order valence-corrected chi connectivity index (χ4v) is 1.60. The minimum atomic E-state index is -0.443. The molecule has 4 nitrogen and oxygen atoms in total. The van der Waals surface area contributed by atoms with Crippen LogP contribution < -0.4 is 0 Å². The van der Waals surface area contributed by atoms with Crippen molar-refractivity contribution >= 4 is 0 Å². The number of methoxy groups -OCH3 is 1. The lowest BCUT2D eigenvalue weighted by molar-refractivity contribution is 0.0648. The highest BCUT2D eigenvalue weighted by atomic mass is 16.5. The molecule has 0 amide bonds. The number of rotatable bonds is 4. The van der Waals surface area contributed by atoms with Crippen molar-refractivity contribution in [1.29, 1.82) is 0 Å². The van der Waals surface area contributed by atoms with Crippen molar-refractivity contribution in [2.75, 3.05) is 13.7 Å². The second-order valence-corrected chi connectivity index (χ2v) is 3.59. The molecule has 0 aliphatic rings. The Morgan fingerprint density at radius 1 is 1.50 bits per heavy atom. The van der Waals surface area contributed by atoms with Gasteiger partial charge in [0.15, 0.2) is 0 Å². The number of aliphatic hydroxyl groups excluding tert-OH is 1. The van der Waals surface area contributed by atoms with Gasteiger partial charge in [0, 0.05) is 26.3 Å². The number of nitrogens with zero attached hydrogens (tertiary/aromatic N) is 2. The Hall–Kier alpha value is -0.870. The molecule has 1 unspecified atom stereocenters. The average Bonchev–Trinajstić information content (AvgIpc) is 2.33. The van der Waals surface area contributed by atoms with Gasteiger partial charge in [0.1, 0.15) is 0 Å². The summed E-state index contributed by atoms with van der Waals surface area (Å²) in [6.07, 6.45) is 0.167. The van der Waals surface area contributed by atoms with Gasteiger partial charge in [-0.05, 0) is 19.4 Å². The van der Waals surface area contributed by atoms with Crippen LogP contribution in [0.5, 0.6) is 0 Å². The van der Waals surface area contributed by atoms with E-state index in [-0.39, 0.29) is 0 Å². The zero-order valence-electron chi connectivity index (χ0n) is 9.24. The van der Waals surface area contributed by atoms with Crippen LogP contribution >= 0.6 is 0 Å².